The number of benzene rings is 4. The minimum atomic E-state index is -4.27. The Morgan fingerprint density at radius 3 is 1.11 bits per heavy atom. The van der Waals surface area contributed by atoms with Gasteiger partial charge in [0.15, 0.2) is 0 Å². The van der Waals surface area contributed by atoms with Crippen LogP contribution in [0.3, 0.4) is 0 Å². The SMILES string of the molecule is CCOCC(O)COc1ccc(NC(=O)CC[S+](C)C)cc1.CCOCC(O)COc1ccc(NC(=O)CC[S+](C)C)cc1.Cc1ccc(S(=O)(=O)[O-])cc1.Cc1ccc(S(=O)(=O)[O-])cc1. The zero-order valence-electron chi connectivity index (χ0n) is 38.9. The molecule has 66 heavy (non-hydrogen) atoms. The summed E-state index contributed by atoms with van der Waals surface area (Å²) in [6.07, 6.45) is 8.29. The number of anilines is 2. The Kier molecular flexibility index (Phi) is 29.4. The van der Waals surface area contributed by atoms with E-state index in [1.807, 2.05) is 27.7 Å². The molecule has 4 N–H and O–H groups in total. The summed E-state index contributed by atoms with van der Waals surface area (Å²) in [4.78, 5) is 23.1. The van der Waals surface area contributed by atoms with Gasteiger partial charge < -0.3 is 48.9 Å². The molecule has 20 heteroatoms. The summed E-state index contributed by atoms with van der Waals surface area (Å²) in [6.45, 7) is 9.43. The zero-order valence-corrected chi connectivity index (χ0v) is 42.2. The number of hydrogen-bond donors (Lipinski definition) is 4. The summed E-state index contributed by atoms with van der Waals surface area (Å²) in [5.74, 6) is 3.17. The summed E-state index contributed by atoms with van der Waals surface area (Å²) in [5, 5.41) is 24.9. The van der Waals surface area contributed by atoms with Crippen LogP contribution in [0.5, 0.6) is 11.5 Å². The number of carbonyl (C=O) groups is 2. The fraction of sp³-hybridized carbons (Fsp3) is 0.435. The van der Waals surface area contributed by atoms with Crippen molar-refractivity contribution in [3.8, 4) is 11.5 Å². The van der Waals surface area contributed by atoms with Crippen molar-refractivity contribution in [1.82, 2.24) is 0 Å². The van der Waals surface area contributed by atoms with Gasteiger partial charge >= 0.3 is 0 Å². The number of ether oxygens (including phenoxy) is 4. The van der Waals surface area contributed by atoms with Crippen LogP contribution in [0.1, 0.15) is 37.8 Å². The Morgan fingerprint density at radius 1 is 0.545 bits per heavy atom. The molecule has 0 aromatic heterocycles. The lowest BCUT2D eigenvalue weighted by atomic mass is 10.2. The van der Waals surface area contributed by atoms with Gasteiger partial charge in [-0.2, -0.15) is 0 Å². The van der Waals surface area contributed by atoms with E-state index in [-0.39, 0.29) is 69.8 Å². The largest absolute Gasteiger partial charge is 0.744 e. The Hall–Kier alpha value is -4.22. The predicted octanol–water partition coefficient (Wildman–Crippen LogP) is 5.14. The van der Waals surface area contributed by atoms with Gasteiger partial charge in [0.2, 0.25) is 11.8 Å². The fourth-order valence-corrected chi connectivity index (χ4v) is 6.83. The lowest BCUT2D eigenvalue weighted by Gasteiger charge is -2.12. The molecule has 2 amide bonds. The molecule has 4 rings (SSSR count). The van der Waals surface area contributed by atoms with Gasteiger partial charge in [-0.05, 0) is 122 Å². The van der Waals surface area contributed by atoms with Crippen molar-refractivity contribution in [3.63, 3.8) is 0 Å². The maximum Gasteiger partial charge on any atom is 0.229 e. The van der Waals surface area contributed by atoms with Crippen LogP contribution in [0.2, 0.25) is 0 Å². The third-order valence-corrected chi connectivity index (χ3v) is 12.0. The third kappa shape index (κ3) is 29.4. The first-order valence-electron chi connectivity index (χ1n) is 20.7. The van der Waals surface area contributed by atoms with Gasteiger partial charge in [-0.15, -0.1) is 0 Å². The van der Waals surface area contributed by atoms with E-state index < -0.39 is 32.4 Å². The van der Waals surface area contributed by atoms with Crippen LogP contribution in [0.4, 0.5) is 11.4 Å². The number of aliphatic hydroxyl groups is 2. The first kappa shape index (κ1) is 59.8. The van der Waals surface area contributed by atoms with Gasteiger partial charge in [0.05, 0.1) is 60.9 Å². The smallest absolute Gasteiger partial charge is 0.229 e. The Balaban J connectivity index is 0.000000462. The highest BCUT2D eigenvalue weighted by Gasteiger charge is 2.11. The maximum absolute atomic E-state index is 11.7. The molecule has 0 radical (unpaired) electrons. The van der Waals surface area contributed by atoms with E-state index in [1.54, 1.807) is 72.8 Å². The molecule has 16 nitrogen and oxygen atoms in total. The molecule has 4 aromatic carbocycles. The highest BCUT2D eigenvalue weighted by atomic mass is 32.2. The number of nitrogens with one attached hydrogen (secondary N) is 2. The van der Waals surface area contributed by atoms with Crippen molar-refractivity contribution in [2.45, 2.75) is 62.5 Å². The van der Waals surface area contributed by atoms with Crippen molar-refractivity contribution >= 4 is 65.2 Å². The highest BCUT2D eigenvalue weighted by Crippen LogP contribution is 2.18. The normalized spacial score (nSPS) is 12.0. The Labute approximate surface area is 397 Å². The lowest BCUT2D eigenvalue weighted by Crippen LogP contribution is -2.23. The van der Waals surface area contributed by atoms with Crippen LogP contribution in [0.15, 0.2) is 107 Å². The molecule has 0 bridgehead atoms. The fourth-order valence-electron chi connectivity index (χ4n) is 4.71. The summed E-state index contributed by atoms with van der Waals surface area (Å²) < 4.78 is 83.5. The lowest BCUT2D eigenvalue weighted by molar-refractivity contribution is -0.116. The predicted molar refractivity (Wildman–Crippen MR) is 262 cm³/mol. The monoisotopic (exact) mass is 998 g/mol. The molecular formula is C46H66N2O14S4. The standard InChI is InChI=1S/2C16H25NO4S.2C7H8O3S/c2*1-4-20-11-14(18)12-21-15-7-5-13(6-8-15)17-16(19)9-10-22(2)3;2*1-6-2-4-7(5-3-6)11(8,9)10/h2*5-8,14,18H,4,9-12H2,1-3H3;2*2-5H,1H3,(H,8,9,10). The van der Waals surface area contributed by atoms with E-state index >= 15 is 0 Å². The van der Waals surface area contributed by atoms with Crippen LogP contribution in [-0.2, 0) is 61.1 Å². The minimum Gasteiger partial charge on any atom is -0.744 e. The van der Waals surface area contributed by atoms with E-state index in [1.165, 1.54) is 24.3 Å². The number of aliphatic hydroxyl groups excluding tert-OH is 2. The highest BCUT2D eigenvalue weighted by molar-refractivity contribution is 7.95. The number of rotatable bonds is 22. The van der Waals surface area contributed by atoms with Crippen LogP contribution in [-0.4, -0.2) is 136 Å². The molecular weight excluding hydrogens is 933 g/mol. The van der Waals surface area contributed by atoms with E-state index in [9.17, 15) is 45.7 Å². The van der Waals surface area contributed by atoms with Gasteiger partial charge in [0.1, 0.15) is 68.7 Å². The average molecular weight is 999 g/mol. The Bertz CT molecular complexity index is 2020. The van der Waals surface area contributed by atoms with Crippen molar-refractivity contribution in [1.29, 1.82) is 0 Å². The van der Waals surface area contributed by atoms with Gasteiger partial charge in [0.25, 0.3) is 0 Å². The molecule has 2 atom stereocenters. The van der Waals surface area contributed by atoms with Crippen molar-refractivity contribution in [3.05, 3.63) is 108 Å². The molecule has 0 saturated heterocycles. The van der Waals surface area contributed by atoms with E-state index in [0.29, 0.717) is 37.6 Å². The number of hydrogen-bond acceptors (Lipinski definition) is 14. The first-order chi connectivity index (χ1) is 31.0. The summed E-state index contributed by atoms with van der Waals surface area (Å²) in [6, 6.07) is 25.8. The quantitative estimate of drug-likeness (QED) is 0.0589. The molecule has 368 valence electrons. The van der Waals surface area contributed by atoms with E-state index in [4.69, 9.17) is 18.9 Å². The second kappa shape index (κ2) is 32.5. The van der Waals surface area contributed by atoms with Crippen molar-refractivity contribution in [2.24, 2.45) is 0 Å². The molecule has 0 spiro atoms. The molecule has 0 fully saturated rings. The molecule has 0 heterocycles. The zero-order chi connectivity index (χ0) is 49.7. The second-order valence-electron chi connectivity index (χ2n) is 14.8. The second-order valence-corrected chi connectivity index (χ2v) is 22.3. The molecule has 0 aliphatic rings. The van der Waals surface area contributed by atoms with E-state index in [2.05, 4.69) is 35.7 Å². The van der Waals surface area contributed by atoms with Crippen molar-refractivity contribution < 1.29 is 64.7 Å². The summed E-state index contributed by atoms with van der Waals surface area (Å²) in [5.41, 5.74) is 3.36. The molecule has 0 saturated carbocycles. The molecule has 0 aliphatic heterocycles. The van der Waals surface area contributed by atoms with E-state index in [0.717, 1.165) is 34.0 Å². The van der Waals surface area contributed by atoms with Crippen molar-refractivity contribution in [2.75, 3.05) is 86.8 Å². The van der Waals surface area contributed by atoms with Crippen LogP contribution < -0.4 is 20.1 Å². The molecule has 2 unspecified atom stereocenters. The maximum atomic E-state index is 11.7. The topological polar surface area (TPSA) is 250 Å². The Morgan fingerprint density at radius 2 is 0.848 bits per heavy atom. The van der Waals surface area contributed by atoms with Gasteiger partial charge in [-0.1, -0.05) is 35.4 Å². The van der Waals surface area contributed by atoms with Crippen LogP contribution >= 0.6 is 0 Å². The van der Waals surface area contributed by atoms with Gasteiger partial charge in [-0.3, -0.25) is 9.59 Å². The minimum absolute atomic E-state index is 0.0296. The average Bonchev–Trinajstić information content (AvgIpc) is 3.26. The number of carbonyl (C=O) groups excluding carboxylic acids is 2. The number of amides is 2. The van der Waals surface area contributed by atoms with Gasteiger partial charge in [-0.25, -0.2) is 16.8 Å². The molecule has 4 aromatic rings. The summed E-state index contributed by atoms with van der Waals surface area (Å²) in [7, 11) is -7.98. The van der Waals surface area contributed by atoms with Crippen LogP contribution in [0.25, 0.3) is 0 Å². The third-order valence-electron chi connectivity index (χ3n) is 8.28. The molecule has 0 aliphatic carbocycles. The summed E-state index contributed by atoms with van der Waals surface area (Å²) >= 11 is 0. The van der Waals surface area contributed by atoms with Crippen LogP contribution in [0, 0.1) is 13.8 Å². The van der Waals surface area contributed by atoms with Gasteiger partial charge in [0, 0.05) is 24.6 Å². The first-order valence-corrected chi connectivity index (χ1v) is 28.0. The number of aryl methyl sites for hydroxylation is 2.